The third kappa shape index (κ3) is 2.14. The summed E-state index contributed by atoms with van der Waals surface area (Å²) in [7, 11) is 0. The van der Waals surface area contributed by atoms with Gasteiger partial charge in [-0.3, -0.25) is 11.3 Å². The van der Waals surface area contributed by atoms with Crippen LogP contribution in [0.5, 0.6) is 0 Å². The van der Waals surface area contributed by atoms with Crippen molar-refractivity contribution in [2.24, 2.45) is 5.84 Å². The van der Waals surface area contributed by atoms with Gasteiger partial charge in [0.25, 0.3) is 0 Å². The first-order valence-corrected chi connectivity index (χ1v) is 7.42. The van der Waals surface area contributed by atoms with Crippen LogP contribution < -0.4 is 11.3 Å². The number of hydrogen-bond donors (Lipinski definition) is 2. The molecule has 1 unspecified atom stereocenters. The van der Waals surface area contributed by atoms with Crippen LogP contribution in [0.25, 0.3) is 0 Å². The number of rotatable bonds is 4. The maximum absolute atomic E-state index is 6.38. The minimum Gasteiger partial charge on any atom is -0.271 e. The van der Waals surface area contributed by atoms with Crippen molar-refractivity contribution in [1.29, 1.82) is 0 Å². The maximum atomic E-state index is 6.38. The molecule has 20 heavy (non-hydrogen) atoms. The van der Waals surface area contributed by atoms with Crippen LogP contribution in [0, 0.1) is 0 Å². The van der Waals surface area contributed by atoms with E-state index >= 15 is 0 Å². The van der Waals surface area contributed by atoms with Crippen molar-refractivity contribution in [3.8, 4) is 0 Å². The van der Waals surface area contributed by atoms with E-state index in [0.29, 0.717) is 0 Å². The molecule has 1 fully saturated rings. The average Bonchev–Trinajstić information content (AvgIpc) is 2.45. The summed E-state index contributed by atoms with van der Waals surface area (Å²) >= 11 is 6.38. The van der Waals surface area contributed by atoms with Gasteiger partial charge in [-0.15, -0.1) is 0 Å². The first-order valence-electron chi connectivity index (χ1n) is 7.04. The smallest absolute Gasteiger partial charge is 0.0571 e. The SMILES string of the molecule is NNC(c1ccccc1Cl)C1(c2ccccc2)CCC1. The minimum atomic E-state index is 0.0485. The number of nitrogens with two attached hydrogens (primary N) is 1. The van der Waals surface area contributed by atoms with Crippen LogP contribution in [0.3, 0.4) is 0 Å². The number of hydrazine groups is 1. The fourth-order valence-electron chi connectivity index (χ4n) is 3.33. The van der Waals surface area contributed by atoms with E-state index in [4.69, 9.17) is 17.4 Å². The van der Waals surface area contributed by atoms with Crippen molar-refractivity contribution in [3.63, 3.8) is 0 Å². The van der Waals surface area contributed by atoms with E-state index in [1.165, 1.54) is 12.0 Å². The van der Waals surface area contributed by atoms with E-state index < -0.39 is 0 Å². The molecule has 0 bridgehead atoms. The summed E-state index contributed by atoms with van der Waals surface area (Å²) < 4.78 is 0. The summed E-state index contributed by atoms with van der Waals surface area (Å²) in [6.07, 6.45) is 3.51. The van der Waals surface area contributed by atoms with E-state index in [2.05, 4.69) is 41.8 Å². The van der Waals surface area contributed by atoms with E-state index in [-0.39, 0.29) is 11.5 Å². The average molecular weight is 287 g/mol. The molecule has 0 aromatic heterocycles. The van der Waals surface area contributed by atoms with Crippen LogP contribution in [-0.4, -0.2) is 0 Å². The lowest BCUT2D eigenvalue weighted by Crippen LogP contribution is -2.49. The third-order valence-corrected chi connectivity index (χ3v) is 4.87. The van der Waals surface area contributed by atoms with Crippen molar-refractivity contribution < 1.29 is 0 Å². The highest BCUT2D eigenvalue weighted by molar-refractivity contribution is 6.31. The lowest BCUT2D eigenvalue weighted by atomic mass is 9.59. The maximum Gasteiger partial charge on any atom is 0.0571 e. The van der Waals surface area contributed by atoms with Gasteiger partial charge < -0.3 is 0 Å². The van der Waals surface area contributed by atoms with Gasteiger partial charge in [-0.2, -0.15) is 0 Å². The van der Waals surface area contributed by atoms with Gasteiger partial charge >= 0.3 is 0 Å². The highest BCUT2D eigenvalue weighted by Gasteiger charge is 2.46. The topological polar surface area (TPSA) is 38.0 Å². The van der Waals surface area contributed by atoms with Crippen LogP contribution >= 0.6 is 11.6 Å². The molecule has 104 valence electrons. The molecule has 0 spiro atoms. The molecular formula is C17H19ClN2. The van der Waals surface area contributed by atoms with Gasteiger partial charge in [-0.1, -0.05) is 66.6 Å². The molecule has 2 nitrogen and oxygen atoms in total. The molecule has 1 aliphatic carbocycles. The summed E-state index contributed by atoms with van der Waals surface area (Å²) in [6, 6.07) is 18.6. The van der Waals surface area contributed by atoms with Gasteiger partial charge in [0, 0.05) is 10.4 Å². The summed E-state index contributed by atoms with van der Waals surface area (Å²) in [5.41, 5.74) is 5.50. The normalized spacial score (nSPS) is 18.3. The fraction of sp³-hybridized carbons (Fsp3) is 0.294. The molecule has 0 saturated heterocycles. The molecule has 1 atom stereocenters. The molecule has 2 aromatic rings. The Morgan fingerprint density at radius 2 is 1.65 bits per heavy atom. The van der Waals surface area contributed by atoms with Crippen molar-refractivity contribution >= 4 is 11.6 Å². The molecule has 0 amide bonds. The second kappa shape index (κ2) is 5.57. The molecule has 2 aromatic carbocycles. The molecule has 0 aliphatic heterocycles. The quantitative estimate of drug-likeness (QED) is 0.659. The van der Waals surface area contributed by atoms with Gasteiger partial charge in [0.1, 0.15) is 0 Å². The zero-order valence-corrected chi connectivity index (χ0v) is 12.1. The highest BCUT2D eigenvalue weighted by Crippen LogP contribution is 2.52. The molecule has 1 aliphatic rings. The highest BCUT2D eigenvalue weighted by atomic mass is 35.5. The van der Waals surface area contributed by atoms with Crippen LogP contribution in [0.4, 0.5) is 0 Å². The van der Waals surface area contributed by atoms with Gasteiger partial charge in [0.2, 0.25) is 0 Å². The Kier molecular flexibility index (Phi) is 3.79. The Morgan fingerprint density at radius 3 is 2.20 bits per heavy atom. The Hall–Kier alpha value is -1.35. The van der Waals surface area contributed by atoms with E-state index in [1.54, 1.807) is 0 Å². The predicted octanol–water partition coefficient (Wildman–Crippen LogP) is 3.97. The summed E-state index contributed by atoms with van der Waals surface area (Å²) in [5.74, 6) is 5.90. The molecular weight excluding hydrogens is 268 g/mol. The van der Waals surface area contributed by atoms with Crippen molar-refractivity contribution in [2.45, 2.75) is 30.7 Å². The van der Waals surface area contributed by atoms with Crippen LogP contribution in [0.2, 0.25) is 5.02 Å². The second-order valence-corrected chi connectivity index (χ2v) is 5.90. The molecule has 3 heteroatoms. The summed E-state index contributed by atoms with van der Waals surface area (Å²) in [4.78, 5) is 0. The zero-order valence-electron chi connectivity index (χ0n) is 11.4. The fourth-order valence-corrected chi connectivity index (χ4v) is 3.57. The standard InChI is InChI=1S/C17H19ClN2/c18-15-10-5-4-9-14(15)16(20-19)17(11-6-12-17)13-7-2-1-3-8-13/h1-5,7-10,16,20H,6,11-12,19H2. The Bertz CT molecular complexity index is 579. The first-order chi connectivity index (χ1) is 9.78. The summed E-state index contributed by atoms with van der Waals surface area (Å²) in [6.45, 7) is 0. The lowest BCUT2D eigenvalue weighted by Gasteiger charge is -2.48. The second-order valence-electron chi connectivity index (χ2n) is 5.50. The lowest BCUT2D eigenvalue weighted by molar-refractivity contribution is 0.170. The molecule has 3 N–H and O–H groups in total. The first kappa shape index (κ1) is 13.6. The third-order valence-electron chi connectivity index (χ3n) is 4.53. The summed E-state index contributed by atoms with van der Waals surface area (Å²) in [5, 5.41) is 0.776. The van der Waals surface area contributed by atoms with Gasteiger partial charge in [0.15, 0.2) is 0 Å². The molecule has 0 heterocycles. The Morgan fingerprint density at radius 1 is 1.00 bits per heavy atom. The zero-order chi connectivity index (χ0) is 14.0. The minimum absolute atomic E-state index is 0.0485. The largest absolute Gasteiger partial charge is 0.271 e. The van der Waals surface area contributed by atoms with Crippen molar-refractivity contribution in [3.05, 3.63) is 70.7 Å². The van der Waals surface area contributed by atoms with Crippen LogP contribution in [-0.2, 0) is 5.41 Å². The van der Waals surface area contributed by atoms with Gasteiger partial charge in [0.05, 0.1) is 6.04 Å². The Balaban J connectivity index is 2.05. The number of benzene rings is 2. The molecule has 3 rings (SSSR count). The van der Waals surface area contributed by atoms with E-state index in [1.807, 2.05) is 18.2 Å². The van der Waals surface area contributed by atoms with E-state index in [9.17, 15) is 0 Å². The van der Waals surface area contributed by atoms with Crippen LogP contribution in [0.1, 0.15) is 36.4 Å². The van der Waals surface area contributed by atoms with Crippen molar-refractivity contribution in [1.82, 2.24) is 5.43 Å². The molecule has 0 radical (unpaired) electrons. The predicted molar refractivity (Wildman–Crippen MR) is 83.5 cm³/mol. The monoisotopic (exact) mass is 286 g/mol. The number of hydrogen-bond acceptors (Lipinski definition) is 2. The van der Waals surface area contributed by atoms with Gasteiger partial charge in [-0.05, 0) is 30.0 Å². The van der Waals surface area contributed by atoms with Crippen molar-refractivity contribution in [2.75, 3.05) is 0 Å². The Labute approximate surface area is 124 Å². The molecule has 1 saturated carbocycles. The number of halogens is 1. The van der Waals surface area contributed by atoms with Gasteiger partial charge in [-0.25, -0.2) is 0 Å². The number of nitrogens with one attached hydrogen (secondary N) is 1. The van der Waals surface area contributed by atoms with E-state index in [0.717, 1.165) is 23.4 Å². The van der Waals surface area contributed by atoms with Crippen LogP contribution in [0.15, 0.2) is 54.6 Å².